The largest absolute Gasteiger partial charge is 0.388 e. The summed E-state index contributed by atoms with van der Waals surface area (Å²) in [5, 5.41) is 10.2. The molecule has 16 heavy (non-hydrogen) atoms. The molecule has 1 saturated heterocycles. The number of hydrogen-bond acceptors (Lipinski definition) is 2. The zero-order chi connectivity index (χ0) is 12.3. The second-order valence-corrected chi connectivity index (χ2v) is 6.57. The zero-order valence-electron chi connectivity index (χ0n) is 10.4. The molecule has 0 aromatic rings. The van der Waals surface area contributed by atoms with Gasteiger partial charge in [-0.3, -0.25) is 4.79 Å². The van der Waals surface area contributed by atoms with Crippen molar-refractivity contribution in [3.05, 3.63) is 0 Å². The molecule has 0 aromatic heterocycles. The molecule has 1 aliphatic rings. The van der Waals surface area contributed by atoms with Gasteiger partial charge in [0.05, 0.1) is 10.4 Å². The number of likely N-dealkylation sites (tertiary alicyclic amines) is 1. The molecule has 3 nitrogen and oxygen atoms in total. The van der Waals surface area contributed by atoms with Crippen LogP contribution in [0.15, 0.2) is 0 Å². The summed E-state index contributed by atoms with van der Waals surface area (Å²) in [6.45, 7) is 7.21. The third kappa shape index (κ3) is 4.06. The van der Waals surface area contributed by atoms with Gasteiger partial charge in [-0.15, -0.1) is 0 Å². The third-order valence-corrected chi connectivity index (χ3v) is 3.69. The number of piperidine rings is 1. The first-order chi connectivity index (χ1) is 7.32. The molecule has 0 bridgehead atoms. The lowest BCUT2D eigenvalue weighted by Crippen LogP contribution is -2.49. The molecule has 0 radical (unpaired) electrons. The minimum absolute atomic E-state index is 0.0592. The number of β-amino-alcohol motifs (C(OH)–C–C–N with tert-alkyl or cyclic N) is 1. The topological polar surface area (TPSA) is 40.5 Å². The summed E-state index contributed by atoms with van der Waals surface area (Å²) in [7, 11) is 0. The highest BCUT2D eigenvalue weighted by atomic mass is 79.9. The fraction of sp³-hybridized carbons (Fsp3) is 0.917. The van der Waals surface area contributed by atoms with E-state index in [0.717, 1.165) is 25.8 Å². The number of amides is 1. The van der Waals surface area contributed by atoms with Crippen LogP contribution in [0.4, 0.5) is 0 Å². The number of halogens is 1. The fourth-order valence-corrected chi connectivity index (χ4v) is 3.02. The minimum Gasteiger partial charge on any atom is -0.388 e. The van der Waals surface area contributed by atoms with E-state index < -0.39 is 5.60 Å². The average molecular weight is 292 g/mol. The molecular weight excluding hydrogens is 270 g/mol. The Labute approximate surface area is 106 Å². The van der Waals surface area contributed by atoms with E-state index in [2.05, 4.69) is 29.8 Å². The fourth-order valence-electron chi connectivity index (χ4n) is 2.41. The molecule has 1 N–H and O–H groups in total. The lowest BCUT2D eigenvalue weighted by molar-refractivity contribution is -0.136. The van der Waals surface area contributed by atoms with Crippen molar-refractivity contribution in [1.29, 1.82) is 0 Å². The van der Waals surface area contributed by atoms with Gasteiger partial charge in [-0.1, -0.05) is 29.8 Å². The number of aliphatic hydroxyl groups is 1. The standard InChI is InChI=1S/C12H22BrNO2/c1-9(2)7-12(3,16)8-14-6-4-5-10(13)11(14)15/h9-10,16H,4-8H2,1-3H3. The number of nitrogens with zero attached hydrogens (tertiary/aromatic N) is 1. The first kappa shape index (κ1) is 14.0. The van der Waals surface area contributed by atoms with Crippen molar-refractivity contribution in [2.45, 2.75) is 50.5 Å². The van der Waals surface area contributed by atoms with E-state index in [1.165, 1.54) is 0 Å². The Morgan fingerprint density at radius 2 is 2.25 bits per heavy atom. The minimum atomic E-state index is -0.770. The van der Waals surface area contributed by atoms with Crippen molar-refractivity contribution in [1.82, 2.24) is 4.90 Å². The zero-order valence-corrected chi connectivity index (χ0v) is 12.0. The summed E-state index contributed by atoms with van der Waals surface area (Å²) in [5.74, 6) is 0.560. The van der Waals surface area contributed by atoms with Crippen LogP contribution in [0.1, 0.15) is 40.0 Å². The monoisotopic (exact) mass is 291 g/mol. The maximum absolute atomic E-state index is 11.9. The average Bonchev–Trinajstić information content (AvgIpc) is 2.10. The highest BCUT2D eigenvalue weighted by Crippen LogP contribution is 2.23. The quantitative estimate of drug-likeness (QED) is 0.807. The number of carbonyl (C=O) groups excluding carboxylic acids is 1. The van der Waals surface area contributed by atoms with Gasteiger partial charge in [0, 0.05) is 13.1 Å². The van der Waals surface area contributed by atoms with Crippen LogP contribution in [0.2, 0.25) is 0 Å². The molecule has 0 aliphatic carbocycles. The normalized spacial score (nSPS) is 26.0. The van der Waals surface area contributed by atoms with Gasteiger partial charge in [0.2, 0.25) is 5.91 Å². The molecule has 1 amide bonds. The molecule has 94 valence electrons. The Kier molecular flexibility index (Phi) is 4.80. The third-order valence-electron chi connectivity index (χ3n) is 2.84. The van der Waals surface area contributed by atoms with Gasteiger partial charge in [-0.05, 0) is 32.1 Å². The van der Waals surface area contributed by atoms with Gasteiger partial charge in [0.1, 0.15) is 0 Å². The summed E-state index contributed by atoms with van der Waals surface area (Å²) >= 11 is 3.38. The van der Waals surface area contributed by atoms with Crippen molar-refractivity contribution in [3.63, 3.8) is 0 Å². The Morgan fingerprint density at radius 1 is 1.62 bits per heavy atom. The van der Waals surface area contributed by atoms with Crippen LogP contribution >= 0.6 is 15.9 Å². The van der Waals surface area contributed by atoms with Crippen LogP contribution in [-0.4, -0.2) is 39.4 Å². The highest BCUT2D eigenvalue weighted by molar-refractivity contribution is 9.10. The van der Waals surface area contributed by atoms with Gasteiger partial charge in [0.25, 0.3) is 0 Å². The Bertz CT molecular complexity index is 253. The van der Waals surface area contributed by atoms with Gasteiger partial charge in [0.15, 0.2) is 0 Å². The van der Waals surface area contributed by atoms with E-state index in [1.54, 1.807) is 4.90 Å². The van der Waals surface area contributed by atoms with E-state index in [4.69, 9.17) is 0 Å². The highest BCUT2D eigenvalue weighted by Gasteiger charge is 2.32. The van der Waals surface area contributed by atoms with Crippen LogP contribution in [0.5, 0.6) is 0 Å². The molecule has 4 heteroatoms. The summed E-state index contributed by atoms with van der Waals surface area (Å²) in [4.78, 5) is 13.6. The van der Waals surface area contributed by atoms with Gasteiger partial charge >= 0.3 is 0 Å². The van der Waals surface area contributed by atoms with Gasteiger partial charge in [-0.25, -0.2) is 0 Å². The molecule has 2 atom stereocenters. The van der Waals surface area contributed by atoms with Crippen LogP contribution in [0.3, 0.4) is 0 Å². The molecule has 1 heterocycles. The van der Waals surface area contributed by atoms with Gasteiger partial charge < -0.3 is 10.0 Å². The summed E-state index contributed by atoms with van der Waals surface area (Å²) in [5.41, 5.74) is -0.770. The van der Waals surface area contributed by atoms with Crippen LogP contribution < -0.4 is 0 Å². The molecular formula is C12H22BrNO2. The predicted molar refractivity (Wildman–Crippen MR) is 68.6 cm³/mol. The molecule has 0 spiro atoms. The van der Waals surface area contributed by atoms with E-state index in [-0.39, 0.29) is 10.7 Å². The van der Waals surface area contributed by atoms with Crippen LogP contribution in [0, 0.1) is 5.92 Å². The second kappa shape index (κ2) is 5.50. The Balaban J connectivity index is 2.55. The van der Waals surface area contributed by atoms with Crippen molar-refractivity contribution < 1.29 is 9.90 Å². The molecule has 1 fully saturated rings. The van der Waals surface area contributed by atoms with Crippen molar-refractivity contribution in [2.75, 3.05) is 13.1 Å². The number of carbonyl (C=O) groups is 1. The molecule has 0 aromatic carbocycles. The van der Waals surface area contributed by atoms with Crippen LogP contribution in [-0.2, 0) is 4.79 Å². The maximum Gasteiger partial charge on any atom is 0.236 e. The Morgan fingerprint density at radius 3 is 2.81 bits per heavy atom. The number of hydrogen-bond donors (Lipinski definition) is 1. The van der Waals surface area contributed by atoms with E-state index in [9.17, 15) is 9.90 Å². The number of alkyl halides is 1. The van der Waals surface area contributed by atoms with Crippen molar-refractivity contribution in [2.24, 2.45) is 5.92 Å². The molecule has 1 rings (SSSR count). The first-order valence-electron chi connectivity index (χ1n) is 5.97. The second-order valence-electron chi connectivity index (χ2n) is 5.46. The summed E-state index contributed by atoms with van der Waals surface area (Å²) in [6, 6.07) is 0. The molecule has 0 saturated carbocycles. The van der Waals surface area contributed by atoms with Gasteiger partial charge in [-0.2, -0.15) is 0 Å². The molecule has 2 unspecified atom stereocenters. The number of rotatable bonds is 4. The Hall–Kier alpha value is -0.0900. The van der Waals surface area contributed by atoms with E-state index >= 15 is 0 Å². The summed E-state index contributed by atoms with van der Waals surface area (Å²) in [6.07, 6.45) is 2.64. The first-order valence-corrected chi connectivity index (χ1v) is 6.88. The van der Waals surface area contributed by atoms with E-state index in [1.807, 2.05) is 6.92 Å². The molecule has 1 aliphatic heterocycles. The predicted octanol–water partition coefficient (Wildman–Crippen LogP) is 2.17. The SMILES string of the molecule is CC(C)CC(C)(O)CN1CCCC(Br)C1=O. The maximum atomic E-state index is 11.9. The lowest BCUT2D eigenvalue weighted by atomic mass is 9.93. The smallest absolute Gasteiger partial charge is 0.236 e. The van der Waals surface area contributed by atoms with E-state index in [0.29, 0.717) is 12.5 Å². The van der Waals surface area contributed by atoms with Crippen molar-refractivity contribution >= 4 is 21.8 Å². The van der Waals surface area contributed by atoms with Crippen molar-refractivity contribution in [3.8, 4) is 0 Å². The lowest BCUT2D eigenvalue weighted by Gasteiger charge is -2.36. The van der Waals surface area contributed by atoms with Crippen LogP contribution in [0.25, 0.3) is 0 Å². The summed E-state index contributed by atoms with van der Waals surface area (Å²) < 4.78 is 0.